The number of nitriles is 1. The number of nitrogens with zero attached hydrogens (tertiary/aromatic N) is 6. The highest BCUT2D eigenvalue weighted by Crippen LogP contribution is 2.33. The van der Waals surface area contributed by atoms with E-state index in [1.165, 1.54) is 0 Å². The summed E-state index contributed by atoms with van der Waals surface area (Å²) >= 11 is 0. The number of benzene rings is 2. The van der Waals surface area contributed by atoms with Crippen molar-refractivity contribution >= 4 is 11.6 Å². The number of hydrogen-bond acceptors (Lipinski definition) is 8. The number of carbonyl (C=O) groups is 1. The number of ether oxygens (including phenoxy) is 1. The summed E-state index contributed by atoms with van der Waals surface area (Å²) in [6.07, 6.45) is 1.54. The van der Waals surface area contributed by atoms with Crippen LogP contribution in [-0.4, -0.2) is 77.4 Å². The van der Waals surface area contributed by atoms with Gasteiger partial charge in [0, 0.05) is 43.0 Å². The minimum Gasteiger partial charge on any atom is -0.490 e. The first-order chi connectivity index (χ1) is 17.9. The average Bonchev–Trinajstić information content (AvgIpc) is 3.55. The maximum Gasteiger partial charge on any atom is 0.258 e. The fourth-order valence-electron chi connectivity index (χ4n) is 4.75. The molecule has 0 bridgehead atoms. The van der Waals surface area contributed by atoms with E-state index in [1.54, 1.807) is 12.1 Å². The first-order valence-corrected chi connectivity index (χ1v) is 12.6. The molecular formula is C28H30N6O3. The van der Waals surface area contributed by atoms with Crippen LogP contribution in [0.1, 0.15) is 37.0 Å². The zero-order valence-electron chi connectivity index (χ0n) is 21.4. The summed E-state index contributed by atoms with van der Waals surface area (Å²) in [7, 11) is 2.07. The second kappa shape index (κ2) is 10.5. The minimum atomic E-state index is -0.0357. The lowest BCUT2D eigenvalue weighted by atomic mass is 10.0. The molecule has 9 heteroatoms. The van der Waals surface area contributed by atoms with E-state index in [0.717, 1.165) is 61.4 Å². The topological polar surface area (TPSA) is 108 Å². The molecule has 3 aromatic rings. The molecule has 0 unspecified atom stereocenters. The van der Waals surface area contributed by atoms with E-state index < -0.39 is 0 Å². The molecule has 2 aromatic carbocycles. The highest BCUT2D eigenvalue weighted by Gasteiger charge is 2.25. The van der Waals surface area contributed by atoms with Crippen molar-refractivity contribution in [1.29, 1.82) is 5.26 Å². The summed E-state index contributed by atoms with van der Waals surface area (Å²) < 4.78 is 11.3. The number of likely N-dealkylation sites (N-methyl/N-ethyl adjacent to an activating group) is 1. The zero-order chi connectivity index (χ0) is 25.9. The molecule has 0 spiro atoms. The van der Waals surface area contributed by atoms with Crippen LogP contribution in [0.25, 0.3) is 22.8 Å². The van der Waals surface area contributed by atoms with E-state index in [4.69, 9.17) is 14.3 Å². The van der Waals surface area contributed by atoms with Gasteiger partial charge in [-0.3, -0.25) is 9.79 Å². The average molecular weight is 499 g/mol. The number of piperazine rings is 1. The molecule has 9 nitrogen and oxygen atoms in total. The van der Waals surface area contributed by atoms with E-state index in [-0.39, 0.29) is 18.6 Å². The van der Waals surface area contributed by atoms with Crippen LogP contribution in [0, 0.1) is 11.3 Å². The highest BCUT2D eigenvalue weighted by atomic mass is 16.5. The number of aliphatic imine (C=N–C) groups is 1. The summed E-state index contributed by atoms with van der Waals surface area (Å²) in [5.74, 6) is 1.43. The molecule has 1 fully saturated rings. The number of amides is 1. The maximum atomic E-state index is 12.7. The quantitative estimate of drug-likeness (QED) is 0.511. The van der Waals surface area contributed by atoms with E-state index in [9.17, 15) is 10.1 Å². The summed E-state index contributed by atoms with van der Waals surface area (Å²) in [4.78, 5) is 26.1. The second-order valence-electron chi connectivity index (χ2n) is 9.69. The van der Waals surface area contributed by atoms with Gasteiger partial charge in [-0.1, -0.05) is 23.4 Å². The molecule has 37 heavy (non-hydrogen) atoms. The maximum absolute atomic E-state index is 12.7. The van der Waals surface area contributed by atoms with Crippen molar-refractivity contribution in [1.82, 2.24) is 19.9 Å². The molecule has 190 valence electrons. The SMILES string of the molecule is CC(C)Oc1ccc(-c2nc(-c3cccc4c3CCC4=NCC(=O)N3CCN(C)CC3)no2)cc1C#N. The van der Waals surface area contributed by atoms with Crippen molar-refractivity contribution in [3.05, 3.63) is 53.1 Å². The van der Waals surface area contributed by atoms with Gasteiger partial charge in [-0.15, -0.1) is 0 Å². The van der Waals surface area contributed by atoms with E-state index in [0.29, 0.717) is 28.6 Å². The third-order valence-electron chi connectivity index (χ3n) is 6.74. The van der Waals surface area contributed by atoms with Crippen molar-refractivity contribution in [2.24, 2.45) is 4.99 Å². The van der Waals surface area contributed by atoms with Crippen LogP contribution >= 0.6 is 0 Å². The summed E-state index contributed by atoms with van der Waals surface area (Å²) in [6, 6.07) is 13.4. The van der Waals surface area contributed by atoms with Gasteiger partial charge >= 0.3 is 0 Å². The fraction of sp³-hybridized carbons (Fsp3) is 0.393. The van der Waals surface area contributed by atoms with E-state index >= 15 is 0 Å². The lowest BCUT2D eigenvalue weighted by Crippen LogP contribution is -2.47. The van der Waals surface area contributed by atoms with Crippen molar-refractivity contribution in [3.8, 4) is 34.7 Å². The van der Waals surface area contributed by atoms with E-state index in [1.807, 2.05) is 43.0 Å². The van der Waals surface area contributed by atoms with Crippen LogP contribution < -0.4 is 4.74 Å². The molecule has 0 radical (unpaired) electrons. The Bertz CT molecular complexity index is 1380. The monoisotopic (exact) mass is 498 g/mol. The van der Waals surface area contributed by atoms with Gasteiger partial charge in [-0.05, 0) is 63.1 Å². The Balaban J connectivity index is 1.35. The predicted octanol–water partition coefficient (Wildman–Crippen LogP) is 3.57. The number of hydrogen-bond donors (Lipinski definition) is 0. The van der Waals surface area contributed by atoms with Gasteiger partial charge < -0.3 is 19.1 Å². The molecule has 5 rings (SSSR count). The Morgan fingerprint density at radius 2 is 1.95 bits per heavy atom. The Kier molecular flexibility index (Phi) is 7.01. The van der Waals surface area contributed by atoms with Crippen molar-refractivity contribution in [2.75, 3.05) is 39.8 Å². The van der Waals surface area contributed by atoms with Gasteiger partial charge in [-0.25, -0.2) is 0 Å². The molecular weight excluding hydrogens is 468 g/mol. The van der Waals surface area contributed by atoms with Gasteiger partial charge in [-0.2, -0.15) is 10.2 Å². The lowest BCUT2D eigenvalue weighted by Gasteiger charge is -2.32. The van der Waals surface area contributed by atoms with Crippen LogP contribution in [-0.2, 0) is 11.2 Å². The predicted molar refractivity (Wildman–Crippen MR) is 139 cm³/mol. The molecule has 0 saturated carbocycles. The summed E-state index contributed by atoms with van der Waals surface area (Å²) in [5, 5.41) is 13.8. The van der Waals surface area contributed by atoms with Crippen LogP contribution in [0.3, 0.4) is 0 Å². The summed E-state index contributed by atoms with van der Waals surface area (Å²) in [6.45, 7) is 7.31. The van der Waals surface area contributed by atoms with Crippen LogP contribution in [0.2, 0.25) is 0 Å². The van der Waals surface area contributed by atoms with Crippen LogP contribution in [0.15, 0.2) is 45.9 Å². The summed E-state index contributed by atoms with van der Waals surface area (Å²) in [5.41, 5.74) is 5.06. The smallest absolute Gasteiger partial charge is 0.258 e. The fourth-order valence-corrected chi connectivity index (χ4v) is 4.75. The number of aromatic nitrogens is 2. The number of carbonyl (C=O) groups excluding carboxylic acids is 1. The third-order valence-corrected chi connectivity index (χ3v) is 6.74. The molecule has 1 saturated heterocycles. The van der Waals surface area contributed by atoms with Gasteiger partial charge in [0.15, 0.2) is 0 Å². The van der Waals surface area contributed by atoms with Gasteiger partial charge in [0.05, 0.1) is 11.7 Å². The molecule has 0 N–H and O–H groups in total. The molecule has 2 aliphatic rings. The number of rotatable bonds is 6. The molecule has 1 aliphatic carbocycles. The van der Waals surface area contributed by atoms with Gasteiger partial charge in [0.1, 0.15) is 18.4 Å². The standard InChI is InChI=1S/C28H30N6O3/c1-18(2)36-25-10-7-19(15-20(25)16-29)28-31-27(32-37-28)23-6-4-5-22-21(23)8-9-24(22)30-17-26(35)34-13-11-33(3)12-14-34/h4-7,10,15,18H,8-9,11-14,17H2,1-3H3. The first kappa shape index (κ1) is 24.7. The Labute approximate surface area is 216 Å². The van der Waals surface area contributed by atoms with Crippen molar-refractivity contribution in [2.45, 2.75) is 32.8 Å². The normalized spacial score (nSPS) is 16.7. The van der Waals surface area contributed by atoms with Crippen molar-refractivity contribution in [3.63, 3.8) is 0 Å². The Hall–Kier alpha value is -4.03. The highest BCUT2D eigenvalue weighted by molar-refractivity contribution is 6.06. The second-order valence-corrected chi connectivity index (χ2v) is 9.69. The molecule has 0 atom stereocenters. The van der Waals surface area contributed by atoms with Crippen molar-refractivity contribution < 1.29 is 14.1 Å². The van der Waals surface area contributed by atoms with E-state index in [2.05, 4.69) is 28.2 Å². The molecule has 1 aliphatic heterocycles. The largest absolute Gasteiger partial charge is 0.490 e. The Morgan fingerprint density at radius 1 is 1.16 bits per heavy atom. The molecule has 2 heterocycles. The van der Waals surface area contributed by atoms with Gasteiger partial charge in [0.25, 0.3) is 5.89 Å². The first-order valence-electron chi connectivity index (χ1n) is 12.6. The van der Waals surface area contributed by atoms with Crippen LogP contribution in [0.4, 0.5) is 0 Å². The lowest BCUT2D eigenvalue weighted by molar-refractivity contribution is -0.131. The molecule has 1 amide bonds. The van der Waals surface area contributed by atoms with Crippen LogP contribution in [0.5, 0.6) is 5.75 Å². The zero-order valence-corrected chi connectivity index (χ0v) is 21.4. The molecule has 1 aromatic heterocycles. The minimum absolute atomic E-state index is 0.0357. The van der Waals surface area contributed by atoms with Gasteiger partial charge in [0.2, 0.25) is 11.7 Å². The Morgan fingerprint density at radius 3 is 2.70 bits per heavy atom. The number of fused-ring (bicyclic) bond motifs is 1. The third kappa shape index (κ3) is 5.25.